The van der Waals surface area contributed by atoms with E-state index in [1.54, 1.807) is 37.6 Å². The Kier molecular flexibility index (Phi) is 16.7. The van der Waals surface area contributed by atoms with E-state index in [1.165, 1.54) is 28.0 Å². The Balaban J connectivity index is 0.809. The molecule has 1 saturated heterocycles. The van der Waals surface area contributed by atoms with E-state index in [4.69, 9.17) is 4.52 Å². The fourth-order valence-electron chi connectivity index (χ4n) is 9.01. The van der Waals surface area contributed by atoms with Gasteiger partial charge in [-0.3, -0.25) is 28.8 Å². The van der Waals surface area contributed by atoms with Gasteiger partial charge in [0.05, 0.1) is 33.8 Å². The van der Waals surface area contributed by atoms with Crippen molar-refractivity contribution in [1.82, 2.24) is 41.2 Å². The number of hydrogen-bond acceptors (Lipinski definition) is 12. The number of phenolic OH excluding ortho intramolecular Hbond substituents is 1. The predicted octanol–water partition coefficient (Wildman–Crippen LogP) is 6.48. The molecule has 7 rings (SSSR count). The molecule has 2 aromatic heterocycles. The zero-order valence-electron chi connectivity index (χ0n) is 41.2. The van der Waals surface area contributed by atoms with Crippen LogP contribution in [-0.4, -0.2) is 111 Å². The molecule has 3 heterocycles. The summed E-state index contributed by atoms with van der Waals surface area (Å²) in [5.41, 5.74) is 7.08. The van der Waals surface area contributed by atoms with Crippen LogP contribution in [0.3, 0.4) is 0 Å². The van der Waals surface area contributed by atoms with Crippen molar-refractivity contribution < 1.29 is 43.5 Å². The van der Waals surface area contributed by atoms with E-state index >= 15 is 0 Å². The lowest BCUT2D eigenvalue weighted by Crippen LogP contribution is -2.57. The van der Waals surface area contributed by atoms with Crippen molar-refractivity contribution in [2.45, 2.75) is 116 Å². The normalized spacial score (nSPS) is 16.8. The van der Waals surface area contributed by atoms with Crippen molar-refractivity contribution in [3.8, 4) is 27.5 Å². The standard InChI is InChI=1S/C53H64N8O9S/c1-31-46(71-30-56-31)34-15-13-32(14-16-34)28-55-50(67)42-26-37(62)29-61(42)52(69)47(53(2,3)4)58-45(64)12-10-8-7-9-11-23-54-48(65)36-18-17-33-20-22-40(39(33)24-36)57-49(66)41-27-44(70-59-41)35-19-21-38(43(63)25-35)51(68)60(5)6/h13-19,21,24-25,27,30,37,40,42,47,62-63H,7-12,20,22-23,26,28-29H2,1-6H3,(H,54,65)(H,55,67)(H,57,66)(H,58,64)/t37-,40-,42+,47?/m1/s1. The number of carbonyl (C=O) groups excluding carboxylic acids is 6. The average molecular weight is 989 g/mol. The maximum atomic E-state index is 14.0. The summed E-state index contributed by atoms with van der Waals surface area (Å²) >= 11 is 1.57. The quantitative estimate of drug-likeness (QED) is 0.0490. The van der Waals surface area contributed by atoms with Crippen LogP contribution in [0.2, 0.25) is 0 Å². The maximum Gasteiger partial charge on any atom is 0.273 e. The molecule has 0 bridgehead atoms. The van der Waals surface area contributed by atoms with Gasteiger partial charge >= 0.3 is 0 Å². The number of aromatic nitrogens is 2. The molecule has 6 N–H and O–H groups in total. The SMILES string of the molecule is Cc1ncsc1-c1ccc(CNC(=O)[C@@H]2C[C@@H](O)CN2C(=O)C(NC(=O)CCCCCCCNC(=O)c2ccc3c(c2)[C@H](NC(=O)c2cc(-c4ccc(C(=O)N(C)C)c(O)c4)on2)CC3)C(C)(C)C)cc1. The van der Waals surface area contributed by atoms with Crippen LogP contribution >= 0.6 is 11.3 Å². The molecule has 0 radical (unpaired) electrons. The van der Waals surface area contributed by atoms with Gasteiger partial charge in [0.25, 0.3) is 17.7 Å². The molecule has 6 amide bonds. The fourth-order valence-corrected chi connectivity index (χ4v) is 9.82. The van der Waals surface area contributed by atoms with Gasteiger partial charge in [0.1, 0.15) is 17.8 Å². The zero-order chi connectivity index (χ0) is 51.0. The molecular weight excluding hydrogens is 925 g/mol. The molecule has 17 nitrogen and oxygen atoms in total. The van der Waals surface area contributed by atoms with Gasteiger partial charge in [0.15, 0.2) is 11.5 Å². The summed E-state index contributed by atoms with van der Waals surface area (Å²) in [5, 5.41) is 36.8. The van der Waals surface area contributed by atoms with E-state index in [0.29, 0.717) is 30.5 Å². The first-order valence-electron chi connectivity index (χ1n) is 24.2. The van der Waals surface area contributed by atoms with Crippen LogP contribution < -0.4 is 21.3 Å². The van der Waals surface area contributed by atoms with E-state index in [2.05, 4.69) is 31.4 Å². The summed E-state index contributed by atoms with van der Waals surface area (Å²) in [6.07, 6.45) is 4.70. The van der Waals surface area contributed by atoms with E-state index in [0.717, 1.165) is 64.9 Å². The molecule has 71 heavy (non-hydrogen) atoms. The fraction of sp³-hybridized carbons (Fsp3) is 0.434. The monoisotopic (exact) mass is 988 g/mol. The minimum Gasteiger partial charge on any atom is -0.507 e. The Morgan fingerprint density at radius 1 is 0.901 bits per heavy atom. The van der Waals surface area contributed by atoms with Gasteiger partial charge in [0.2, 0.25) is 17.7 Å². The number of aliphatic hydroxyl groups excluding tert-OH is 1. The third kappa shape index (κ3) is 12.9. The molecule has 0 spiro atoms. The van der Waals surface area contributed by atoms with E-state index in [9.17, 15) is 39.0 Å². The maximum absolute atomic E-state index is 14.0. The van der Waals surface area contributed by atoms with Crippen molar-refractivity contribution in [3.05, 3.63) is 111 Å². The average Bonchev–Trinajstić information content (AvgIpc) is 4.17. The Morgan fingerprint density at radius 2 is 1.63 bits per heavy atom. The molecule has 1 aliphatic carbocycles. The van der Waals surface area contributed by atoms with Crippen molar-refractivity contribution in [2.75, 3.05) is 27.2 Å². The Hall–Kier alpha value is -6.92. The lowest BCUT2D eigenvalue weighted by Gasteiger charge is -2.35. The number of β-amino-alcohol motifs (C(OH)–C–C–N with tert-alkyl or cyclic N) is 1. The summed E-state index contributed by atoms with van der Waals surface area (Å²) < 4.78 is 5.41. The van der Waals surface area contributed by atoms with Gasteiger partial charge < -0.3 is 45.8 Å². The molecule has 3 aromatic carbocycles. The minimum atomic E-state index is -0.901. The zero-order valence-corrected chi connectivity index (χ0v) is 42.0. The summed E-state index contributed by atoms with van der Waals surface area (Å²) in [6.45, 7) is 8.28. The largest absolute Gasteiger partial charge is 0.507 e. The molecular formula is C53H64N8O9S. The van der Waals surface area contributed by atoms with Gasteiger partial charge in [0, 0.05) is 63.8 Å². The van der Waals surface area contributed by atoms with Crippen LogP contribution in [0, 0.1) is 12.3 Å². The second kappa shape index (κ2) is 22.9. The lowest BCUT2D eigenvalue weighted by atomic mass is 9.85. The number of hydrogen-bond donors (Lipinski definition) is 6. The number of carbonyl (C=O) groups is 6. The van der Waals surface area contributed by atoms with Crippen molar-refractivity contribution >= 4 is 46.8 Å². The predicted molar refractivity (Wildman–Crippen MR) is 268 cm³/mol. The first-order valence-corrected chi connectivity index (χ1v) is 25.0. The highest BCUT2D eigenvalue weighted by Crippen LogP contribution is 2.34. The lowest BCUT2D eigenvalue weighted by molar-refractivity contribution is -0.144. The van der Waals surface area contributed by atoms with Crippen LogP contribution in [0.25, 0.3) is 21.8 Å². The second-order valence-electron chi connectivity index (χ2n) is 19.7. The number of likely N-dealkylation sites (tertiary alicyclic amines) is 1. The number of benzene rings is 3. The number of aromatic hydroxyl groups is 1. The third-order valence-corrected chi connectivity index (χ3v) is 14.0. The van der Waals surface area contributed by atoms with Gasteiger partial charge in [-0.05, 0) is 84.5 Å². The molecule has 18 heteroatoms. The number of nitrogens with zero attached hydrogens (tertiary/aromatic N) is 4. The van der Waals surface area contributed by atoms with Crippen molar-refractivity contribution in [3.63, 3.8) is 0 Å². The first kappa shape index (κ1) is 51.9. The molecule has 4 atom stereocenters. The summed E-state index contributed by atoms with van der Waals surface area (Å²) in [4.78, 5) is 87.6. The van der Waals surface area contributed by atoms with Gasteiger partial charge in [-0.1, -0.05) is 81.6 Å². The number of fused-ring (bicyclic) bond motifs is 1. The van der Waals surface area contributed by atoms with Crippen molar-refractivity contribution in [1.29, 1.82) is 0 Å². The highest BCUT2D eigenvalue weighted by atomic mass is 32.1. The molecule has 1 unspecified atom stereocenters. The minimum absolute atomic E-state index is 0.000448. The second-order valence-corrected chi connectivity index (χ2v) is 20.6. The van der Waals surface area contributed by atoms with Crippen LogP contribution in [0.5, 0.6) is 5.75 Å². The molecule has 1 fully saturated rings. The van der Waals surface area contributed by atoms with E-state index < -0.39 is 35.4 Å². The number of thiazole rings is 1. The van der Waals surface area contributed by atoms with E-state index in [-0.39, 0.29) is 78.4 Å². The number of amides is 6. The van der Waals surface area contributed by atoms with Gasteiger partial charge in [-0.25, -0.2) is 4.98 Å². The third-order valence-electron chi connectivity index (χ3n) is 13.0. The summed E-state index contributed by atoms with van der Waals surface area (Å²) in [5.74, 6) is -2.01. The highest BCUT2D eigenvalue weighted by molar-refractivity contribution is 7.13. The van der Waals surface area contributed by atoms with Gasteiger partial charge in [-0.15, -0.1) is 11.3 Å². The first-order chi connectivity index (χ1) is 33.9. The number of nitrogens with one attached hydrogen (secondary N) is 4. The summed E-state index contributed by atoms with van der Waals surface area (Å²) in [7, 11) is 3.18. The van der Waals surface area contributed by atoms with Gasteiger partial charge in [-0.2, -0.15) is 0 Å². The number of rotatable bonds is 19. The van der Waals surface area contributed by atoms with Crippen LogP contribution in [0.1, 0.15) is 132 Å². The van der Waals surface area contributed by atoms with Crippen LogP contribution in [0.15, 0.2) is 76.8 Å². The molecule has 5 aromatic rings. The summed E-state index contributed by atoms with van der Waals surface area (Å²) in [6, 6.07) is 17.2. The molecule has 376 valence electrons. The number of aryl methyl sites for hydroxylation is 2. The molecule has 2 aliphatic rings. The Morgan fingerprint density at radius 3 is 2.34 bits per heavy atom. The Bertz CT molecular complexity index is 2740. The molecule has 0 saturated carbocycles. The number of unbranched alkanes of at least 4 members (excludes halogenated alkanes) is 4. The number of phenols is 1. The van der Waals surface area contributed by atoms with Crippen LogP contribution in [0.4, 0.5) is 0 Å². The smallest absolute Gasteiger partial charge is 0.273 e. The topological polar surface area (TPSA) is 236 Å². The Labute approximate surface area is 417 Å². The van der Waals surface area contributed by atoms with E-state index in [1.807, 2.05) is 69.6 Å². The van der Waals surface area contributed by atoms with Crippen molar-refractivity contribution in [2.24, 2.45) is 5.41 Å². The highest BCUT2D eigenvalue weighted by Gasteiger charge is 2.44. The van der Waals surface area contributed by atoms with Crippen LogP contribution in [-0.2, 0) is 27.3 Å². The number of aliphatic hydroxyl groups is 1. The molecule has 1 aliphatic heterocycles.